The monoisotopic (exact) mass is 334 g/mol. The highest BCUT2D eigenvalue weighted by atomic mass is 19.4. The van der Waals surface area contributed by atoms with Crippen LogP contribution in [-0.4, -0.2) is 12.4 Å². The first kappa shape index (κ1) is 17.2. The van der Waals surface area contributed by atoms with Crippen molar-refractivity contribution >= 4 is 0 Å². The summed E-state index contributed by atoms with van der Waals surface area (Å²) < 4.78 is 81.2. The van der Waals surface area contributed by atoms with E-state index in [2.05, 4.69) is 0 Å². The number of halogens is 6. The molecule has 0 atom stereocenters. The molecule has 0 aliphatic heterocycles. The highest BCUT2D eigenvalue weighted by Crippen LogP contribution is 2.46. The molecule has 0 amide bonds. The highest BCUT2D eigenvalue weighted by Gasteiger charge is 2.57. The number of ether oxygens (including phenoxy) is 1. The molecule has 0 N–H and O–H groups in total. The highest BCUT2D eigenvalue weighted by molar-refractivity contribution is 5.36. The second kappa shape index (κ2) is 6.14. The fraction of sp³-hybridized carbons (Fsp3) is 0.250. The molecule has 0 heterocycles. The molecule has 0 radical (unpaired) electrons. The molecule has 0 fully saturated rings. The van der Waals surface area contributed by atoms with Crippen LogP contribution in [-0.2, 0) is 0 Å². The average molecular weight is 334 g/mol. The Bertz CT molecular complexity index is 626. The molecular weight excluding hydrogens is 322 g/mol. The predicted molar refractivity (Wildman–Crippen MR) is 72.5 cm³/mol. The fourth-order valence-corrected chi connectivity index (χ4v) is 2.03. The Hall–Kier alpha value is -2.18. The first-order valence-corrected chi connectivity index (χ1v) is 6.55. The molecule has 0 aliphatic carbocycles. The third-order valence-corrected chi connectivity index (χ3v) is 3.12. The van der Waals surface area contributed by atoms with Gasteiger partial charge in [-0.25, -0.2) is 0 Å². The summed E-state index contributed by atoms with van der Waals surface area (Å²) in [6.45, 7) is 1.87. The number of hydrogen-bond donors (Lipinski definition) is 0. The van der Waals surface area contributed by atoms with Crippen LogP contribution in [0, 0.1) is 6.92 Å². The summed E-state index contributed by atoms with van der Waals surface area (Å²) in [4.78, 5) is 0. The number of benzene rings is 2. The van der Waals surface area contributed by atoms with Crippen molar-refractivity contribution in [2.24, 2.45) is 0 Å². The molecule has 0 saturated heterocycles. The van der Waals surface area contributed by atoms with Gasteiger partial charge in [-0.2, -0.15) is 26.3 Å². The van der Waals surface area contributed by atoms with Gasteiger partial charge in [-0.15, -0.1) is 0 Å². The van der Waals surface area contributed by atoms with E-state index in [1.165, 1.54) is 0 Å². The van der Waals surface area contributed by atoms with Crippen molar-refractivity contribution < 1.29 is 31.1 Å². The van der Waals surface area contributed by atoms with Crippen LogP contribution in [0.25, 0.3) is 0 Å². The number of aryl methyl sites for hydroxylation is 1. The minimum absolute atomic E-state index is 0.153. The molecule has 1 nitrogen and oxygen atoms in total. The first-order chi connectivity index (χ1) is 10.6. The molecule has 2 aromatic rings. The maximum atomic E-state index is 12.6. The Morgan fingerprint density at radius 2 is 1.09 bits per heavy atom. The van der Waals surface area contributed by atoms with Gasteiger partial charge in [0.1, 0.15) is 11.5 Å². The fourth-order valence-electron chi connectivity index (χ4n) is 2.03. The Morgan fingerprint density at radius 1 is 0.696 bits per heavy atom. The van der Waals surface area contributed by atoms with Crippen LogP contribution in [0.1, 0.15) is 17.0 Å². The zero-order valence-corrected chi connectivity index (χ0v) is 11.9. The van der Waals surface area contributed by atoms with E-state index in [1.54, 1.807) is 24.3 Å². The topological polar surface area (TPSA) is 9.23 Å². The summed E-state index contributed by atoms with van der Waals surface area (Å²) in [5.41, 5.74) is 0.118. The van der Waals surface area contributed by atoms with Crippen molar-refractivity contribution in [3.63, 3.8) is 0 Å². The van der Waals surface area contributed by atoms with Crippen molar-refractivity contribution in [1.29, 1.82) is 0 Å². The van der Waals surface area contributed by atoms with E-state index in [0.29, 0.717) is 5.75 Å². The molecule has 7 heteroatoms. The van der Waals surface area contributed by atoms with E-state index in [-0.39, 0.29) is 5.75 Å². The molecule has 0 aromatic heterocycles. The lowest BCUT2D eigenvalue weighted by molar-refractivity contribution is -0.253. The summed E-state index contributed by atoms with van der Waals surface area (Å²) in [7, 11) is 0. The number of hydrogen-bond acceptors (Lipinski definition) is 1. The van der Waals surface area contributed by atoms with Gasteiger partial charge in [0.25, 0.3) is 0 Å². The largest absolute Gasteiger partial charge is 0.457 e. The van der Waals surface area contributed by atoms with Crippen molar-refractivity contribution in [3.8, 4) is 11.5 Å². The zero-order chi connectivity index (χ0) is 17.3. The SMILES string of the molecule is Cc1ccc(Oc2ccc(C(C(F)(F)F)C(F)(F)F)cc2)cc1. The molecule has 2 rings (SSSR count). The maximum Gasteiger partial charge on any atom is 0.404 e. The molecule has 0 spiro atoms. The molecule has 0 bridgehead atoms. The lowest BCUT2D eigenvalue weighted by Crippen LogP contribution is -2.34. The Kier molecular flexibility index (Phi) is 4.58. The summed E-state index contributed by atoms with van der Waals surface area (Å²) in [6.07, 6.45) is -10.8. The van der Waals surface area contributed by atoms with Gasteiger partial charge in [0.05, 0.1) is 0 Å². The predicted octanol–water partition coefficient (Wildman–Crippen LogP) is 6.00. The van der Waals surface area contributed by atoms with Gasteiger partial charge in [-0.05, 0) is 36.8 Å². The van der Waals surface area contributed by atoms with Crippen LogP contribution in [0.4, 0.5) is 26.3 Å². The van der Waals surface area contributed by atoms with E-state index in [1.807, 2.05) is 6.92 Å². The van der Waals surface area contributed by atoms with Crippen molar-refractivity contribution in [2.45, 2.75) is 25.2 Å². The summed E-state index contributed by atoms with van der Waals surface area (Å²) in [5.74, 6) is -2.92. The third-order valence-electron chi connectivity index (χ3n) is 3.12. The van der Waals surface area contributed by atoms with Gasteiger partial charge < -0.3 is 4.74 Å². The summed E-state index contributed by atoms with van der Waals surface area (Å²) >= 11 is 0. The lowest BCUT2D eigenvalue weighted by Gasteiger charge is -2.23. The first-order valence-electron chi connectivity index (χ1n) is 6.55. The lowest BCUT2D eigenvalue weighted by atomic mass is 9.98. The Morgan fingerprint density at radius 3 is 1.48 bits per heavy atom. The zero-order valence-electron chi connectivity index (χ0n) is 11.9. The molecule has 0 saturated carbocycles. The van der Waals surface area contributed by atoms with E-state index in [9.17, 15) is 26.3 Å². The van der Waals surface area contributed by atoms with Crippen LogP contribution in [0.2, 0.25) is 0 Å². The van der Waals surface area contributed by atoms with Gasteiger partial charge in [-0.1, -0.05) is 29.8 Å². The van der Waals surface area contributed by atoms with Crippen LogP contribution in [0.5, 0.6) is 11.5 Å². The molecule has 0 aliphatic rings. The number of alkyl halides is 6. The molecule has 2 aromatic carbocycles. The van der Waals surface area contributed by atoms with Gasteiger partial charge in [-0.3, -0.25) is 0 Å². The Labute approximate surface area is 128 Å². The average Bonchev–Trinajstić information content (AvgIpc) is 2.40. The van der Waals surface area contributed by atoms with Crippen LogP contribution in [0.15, 0.2) is 48.5 Å². The van der Waals surface area contributed by atoms with Crippen molar-refractivity contribution in [1.82, 2.24) is 0 Å². The standard InChI is InChI=1S/C16H12F6O/c1-10-2-6-12(7-3-10)23-13-8-4-11(5-9-13)14(15(17,18)19)16(20,21)22/h2-9,14H,1H3. The summed E-state index contributed by atoms with van der Waals surface area (Å²) in [6, 6.07) is 10.6. The van der Waals surface area contributed by atoms with Crippen LogP contribution in [0.3, 0.4) is 0 Å². The van der Waals surface area contributed by atoms with Crippen molar-refractivity contribution in [3.05, 3.63) is 59.7 Å². The van der Waals surface area contributed by atoms with Gasteiger partial charge in [0.2, 0.25) is 0 Å². The quantitative estimate of drug-likeness (QED) is 0.626. The molecule has 0 unspecified atom stereocenters. The second-order valence-corrected chi connectivity index (χ2v) is 5.00. The molecule has 23 heavy (non-hydrogen) atoms. The van der Waals surface area contributed by atoms with E-state index in [4.69, 9.17) is 4.74 Å². The van der Waals surface area contributed by atoms with Crippen molar-refractivity contribution in [2.75, 3.05) is 0 Å². The number of rotatable bonds is 3. The van der Waals surface area contributed by atoms with E-state index >= 15 is 0 Å². The summed E-state index contributed by atoms with van der Waals surface area (Å²) in [5, 5.41) is 0. The van der Waals surface area contributed by atoms with Gasteiger partial charge in [0.15, 0.2) is 5.92 Å². The minimum Gasteiger partial charge on any atom is -0.457 e. The normalized spacial score (nSPS) is 12.5. The second-order valence-electron chi connectivity index (χ2n) is 5.00. The smallest absolute Gasteiger partial charge is 0.404 e. The Balaban J connectivity index is 2.22. The van der Waals surface area contributed by atoms with Crippen LogP contribution < -0.4 is 4.74 Å². The van der Waals surface area contributed by atoms with Crippen LogP contribution >= 0.6 is 0 Å². The van der Waals surface area contributed by atoms with Gasteiger partial charge in [0, 0.05) is 0 Å². The maximum absolute atomic E-state index is 12.6. The molecule has 124 valence electrons. The minimum atomic E-state index is -5.41. The van der Waals surface area contributed by atoms with E-state index < -0.39 is 23.8 Å². The van der Waals surface area contributed by atoms with Gasteiger partial charge >= 0.3 is 12.4 Å². The third kappa shape index (κ3) is 4.40. The van der Waals surface area contributed by atoms with E-state index in [0.717, 1.165) is 29.8 Å². The molecular formula is C16H12F6O.